The molecule has 0 aliphatic carbocycles. The van der Waals surface area contributed by atoms with Gasteiger partial charge in [0.25, 0.3) is 0 Å². The molecule has 3 nitrogen and oxygen atoms in total. The summed E-state index contributed by atoms with van der Waals surface area (Å²) in [5.41, 5.74) is 1.45. The number of methoxy groups -OCH3 is 1. The Morgan fingerprint density at radius 1 is 1.53 bits per heavy atom. The molecule has 0 radical (unpaired) electrons. The van der Waals surface area contributed by atoms with Crippen molar-refractivity contribution in [2.24, 2.45) is 0 Å². The Morgan fingerprint density at radius 2 is 2.20 bits per heavy atom. The molecule has 0 heterocycles. The largest absolute Gasteiger partial charge is 0.468 e. The van der Waals surface area contributed by atoms with Crippen molar-refractivity contribution < 1.29 is 13.9 Å². The number of ether oxygens (including phenoxy) is 1. The van der Waals surface area contributed by atoms with Crippen LogP contribution in [0.3, 0.4) is 0 Å². The maximum atomic E-state index is 12.9. The van der Waals surface area contributed by atoms with Crippen LogP contribution in [0.5, 0.6) is 0 Å². The van der Waals surface area contributed by atoms with E-state index in [1.54, 1.807) is 20.0 Å². The van der Waals surface area contributed by atoms with Crippen molar-refractivity contribution in [3.63, 3.8) is 0 Å². The second kappa shape index (κ2) is 4.89. The summed E-state index contributed by atoms with van der Waals surface area (Å²) in [6.07, 6.45) is 0. The maximum absolute atomic E-state index is 12.9. The number of nitrogens with one attached hydrogen (secondary N) is 1. The minimum absolute atomic E-state index is 0.309. The monoisotopic (exact) mass is 211 g/mol. The molecule has 1 aromatic carbocycles. The first-order valence-electron chi connectivity index (χ1n) is 4.61. The van der Waals surface area contributed by atoms with Crippen LogP contribution >= 0.6 is 0 Å². The zero-order valence-corrected chi connectivity index (χ0v) is 9.00. The fraction of sp³-hybridized carbons (Fsp3) is 0.364. The van der Waals surface area contributed by atoms with E-state index in [2.05, 4.69) is 10.1 Å². The Kier molecular flexibility index (Phi) is 3.80. The molecule has 1 rings (SSSR count). The summed E-state index contributed by atoms with van der Waals surface area (Å²) >= 11 is 0. The summed E-state index contributed by atoms with van der Waals surface area (Å²) in [5, 5.41) is 2.83. The molecule has 0 spiro atoms. The molecule has 0 bridgehead atoms. The third kappa shape index (κ3) is 2.53. The van der Waals surface area contributed by atoms with Crippen LogP contribution in [0.2, 0.25) is 0 Å². The van der Waals surface area contributed by atoms with Gasteiger partial charge in [-0.15, -0.1) is 0 Å². The van der Waals surface area contributed by atoms with Gasteiger partial charge in [0.2, 0.25) is 0 Å². The first-order chi connectivity index (χ1) is 7.10. The van der Waals surface area contributed by atoms with E-state index in [1.807, 2.05) is 0 Å². The lowest BCUT2D eigenvalue weighted by atomic mass is 10.0. The van der Waals surface area contributed by atoms with E-state index in [4.69, 9.17) is 0 Å². The Bertz CT molecular complexity index is 366. The van der Waals surface area contributed by atoms with Gasteiger partial charge in [-0.3, -0.25) is 0 Å². The number of halogens is 1. The second-order valence-electron chi connectivity index (χ2n) is 3.25. The van der Waals surface area contributed by atoms with Crippen molar-refractivity contribution in [1.29, 1.82) is 0 Å². The summed E-state index contributed by atoms with van der Waals surface area (Å²) in [6, 6.07) is 3.76. The summed E-state index contributed by atoms with van der Waals surface area (Å²) in [4.78, 5) is 11.4. The number of hydrogen-bond donors (Lipinski definition) is 1. The van der Waals surface area contributed by atoms with Gasteiger partial charge in [-0.2, -0.15) is 0 Å². The number of carbonyl (C=O) groups excluding carboxylic acids is 1. The average molecular weight is 211 g/mol. The molecule has 1 N–H and O–H groups in total. The van der Waals surface area contributed by atoms with E-state index < -0.39 is 6.04 Å². The Morgan fingerprint density at radius 3 is 2.67 bits per heavy atom. The molecule has 0 aliphatic rings. The number of aryl methyl sites for hydroxylation is 1. The van der Waals surface area contributed by atoms with Crippen LogP contribution in [0.1, 0.15) is 17.2 Å². The quantitative estimate of drug-likeness (QED) is 0.771. The molecule has 0 aliphatic heterocycles. The van der Waals surface area contributed by atoms with Crippen LogP contribution < -0.4 is 5.32 Å². The first-order valence-corrected chi connectivity index (χ1v) is 4.61. The average Bonchev–Trinajstić information content (AvgIpc) is 2.21. The molecule has 4 heteroatoms. The van der Waals surface area contributed by atoms with Crippen LogP contribution in [-0.2, 0) is 9.53 Å². The molecule has 0 saturated heterocycles. The van der Waals surface area contributed by atoms with Gasteiger partial charge in [-0.25, -0.2) is 9.18 Å². The van der Waals surface area contributed by atoms with Crippen molar-refractivity contribution in [2.45, 2.75) is 13.0 Å². The van der Waals surface area contributed by atoms with Crippen LogP contribution in [-0.4, -0.2) is 20.1 Å². The molecule has 0 amide bonds. The third-order valence-electron chi connectivity index (χ3n) is 2.27. The summed E-state index contributed by atoms with van der Waals surface area (Å²) < 4.78 is 17.5. The standard InChI is InChI=1S/C11H14FNO2/c1-7-6-8(12)4-5-9(7)10(13-2)11(14)15-3/h4-6,10,13H,1-3H3. The van der Waals surface area contributed by atoms with E-state index in [0.717, 1.165) is 11.1 Å². The maximum Gasteiger partial charge on any atom is 0.327 e. The summed E-state index contributed by atoms with van der Waals surface area (Å²) in [7, 11) is 2.98. The number of rotatable bonds is 3. The lowest BCUT2D eigenvalue weighted by Gasteiger charge is -2.16. The normalized spacial score (nSPS) is 12.3. The molecular weight excluding hydrogens is 197 g/mol. The molecule has 0 aromatic heterocycles. The van der Waals surface area contributed by atoms with Crippen molar-refractivity contribution in [3.8, 4) is 0 Å². The number of hydrogen-bond acceptors (Lipinski definition) is 3. The van der Waals surface area contributed by atoms with E-state index in [1.165, 1.54) is 19.2 Å². The number of likely N-dealkylation sites (N-methyl/N-ethyl adjacent to an activating group) is 1. The summed E-state index contributed by atoms with van der Waals surface area (Å²) in [6.45, 7) is 1.76. The molecule has 82 valence electrons. The van der Waals surface area contributed by atoms with Gasteiger partial charge < -0.3 is 10.1 Å². The van der Waals surface area contributed by atoms with Crippen LogP contribution in [0.4, 0.5) is 4.39 Å². The van der Waals surface area contributed by atoms with Gasteiger partial charge in [0.05, 0.1) is 7.11 Å². The van der Waals surface area contributed by atoms with Gasteiger partial charge in [0.1, 0.15) is 11.9 Å². The van der Waals surface area contributed by atoms with Crippen molar-refractivity contribution in [2.75, 3.05) is 14.2 Å². The highest BCUT2D eigenvalue weighted by Gasteiger charge is 2.20. The third-order valence-corrected chi connectivity index (χ3v) is 2.27. The summed E-state index contributed by atoms with van der Waals surface area (Å²) in [5.74, 6) is -0.692. The first kappa shape index (κ1) is 11.7. The highest BCUT2D eigenvalue weighted by molar-refractivity contribution is 5.78. The minimum atomic E-state index is -0.546. The van der Waals surface area contributed by atoms with E-state index in [9.17, 15) is 9.18 Å². The van der Waals surface area contributed by atoms with Crippen molar-refractivity contribution in [3.05, 3.63) is 35.1 Å². The fourth-order valence-corrected chi connectivity index (χ4v) is 1.48. The molecule has 0 fully saturated rings. The van der Waals surface area contributed by atoms with Crippen LogP contribution in [0.25, 0.3) is 0 Å². The zero-order chi connectivity index (χ0) is 11.4. The van der Waals surface area contributed by atoms with Gasteiger partial charge in [-0.1, -0.05) is 6.07 Å². The molecule has 1 atom stereocenters. The SMILES string of the molecule is CNC(C(=O)OC)c1ccc(F)cc1C. The molecule has 1 aromatic rings. The van der Waals surface area contributed by atoms with Gasteiger partial charge >= 0.3 is 5.97 Å². The Hall–Kier alpha value is -1.42. The van der Waals surface area contributed by atoms with E-state index in [-0.39, 0.29) is 11.8 Å². The van der Waals surface area contributed by atoms with E-state index >= 15 is 0 Å². The van der Waals surface area contributed by atoms with Crippen molar-refractivity contribution >= 4 is 5.97 Å². The van der Waals surface area contributed by atoms with Gasteiger partial charge in [0, 0.05) is 0 Å². The Labute approximate surface area is 88.2 Å². The fourth-order valence-electron chi connectivity index (χ4n) is 1.48. The number of benzene rings is 1. The molecular formula is C11H14FNO2. The zero-order valence-electron chi connectivity index (χ0n) is 9.00. The molecule has 15 heavy (non-hydrogen) atoms. The topological polar surface area (TPSA) is 38.3 Å². The van der Waals surface area contributed by atoms with Gasteiger partial charge in [0.15, 0.2) is 0 Å². The Balaban J connectivity index is 3.07. The number of esters is 1. The highest BCUT2D eigenvalue weighted by atomic mass is 19.1. The smallest absolute Gasteiger partial charge is 0.327 e. The highest BCUT2D eigenvalue weighted by Crippen LogP contribution is 2.19. The lowest BCUT2D eigenvalue weighted by Crippen LogP contribution is -2.27. The minimum Gasteiger partial charge on any atom is -0.468 e. The van der Waals surface area contributed by atoms with Crippen molar-refractivity contribution in [1.82, 2.24) is 5.32 Å². The van der Waals surface area contributed by atoms with Crippen LogP contribution in [0.15, 0.2) is 18.2 Å². The molecule has 1 unspecified atom stereocenters. The van der Waals surface area contributed by atoms with Gasteiger partial charge in [-0.05, 0) is 37.2 Å². The number of carbonyl (C=O) groups is 1. The molecule has 0 saturated carbocycles. The van der Waals surface area contributed by atoms with Crippen LogP contribution in [0, 0.1) is 12.7 Å². The van der Waals surface area contributed by atoms with E-state index in [0.29, 0.717) is 0 Å². The predicted molar refractivity (Wildman–Crippen MR) is 55.0 cm³/mol. The predicted octanol–water partition coefficient (Wildman–Crippen LogP) is 1.57. The second-order valence-corrected chi connectivity index (χ2v) is 3.25. The lowest BCUT2D eigenvalue weighted by molar-refractivity contribution is -0.143.